The Labute approximate surface area is 254 Å². The molecule has 2 N–H and O–H groups in total. The van der Waals surface area contributed by atoms with Crippen LogP contribution in [0.15, 0.2) is 58.6 Å². The third-order valence-corrected chi connectivity index (χ3v) is 11.7. The molecule has 0 heterocycles. The van der Waals surface area contributed by atoms with E-state index < -0.39 is 23.9 Å². The summed E-state index contributed by atoms with van der Waals surface area (Å²) in [5, 5.41) is 6.16. The molecule has 0 saturated carbocycles. The summed E-state index contributed by atoms with van der Waals surface area (Å²) in [4.78, 5) is 0. The van der Waals surface area contributed by atoms with Gasteiger partial charge in [-0.15, -0.1) is 0 Å². The first-order valence-electron chi connectivity index (χ1n) is 15.2. The van der Waals surface area contributed by atoms with Gasteiger partial charge in [-0.2, -0.15) is 0 Å². The maximum absolute atomic E-state index is 13.9. The van der Waals surface area contributed by atoms with Gasteiger partial charge in [0.15, 0.2) is 23.9 Å². The lowest BCUT2D eigenvalue weighted by molar-refractivity contribution is 0.415. The molecule has 0 aliphatic rings. The number of nitrogens with one attached hydrogen (secondary N) is 2. The highest BCUT2D eigenvalue weighted by Crippen LogP contribution is 2.28. The van der Waals surface area contributed by atoms with Gasteiger partial charge in [0.05, 0.1) is 25.7 Å². The summed E-state index contributed by atoms with van der Waals surface area (Å²) in [7, 11) is -5.23. The van der Waals surface area contributed by atoms with E-state index in [4.69, 9.17) is 9.47 Å². The Kier molecular flexibility index (Phi) is 15.8. The van der Waals surface area contributed by atoms with E-state index in [0.717, 1.165) is 64.2 Å². The summed E-state index contributed by atoms with van der Waals surface area (Å²) in [6, 6.07) is 13.8. The molecule has 42 heavy (non-hydrogen) atoms. The zero-order valence-corrected chi connectivity index (χ0v) is 27.4. The Morgan fingerprint density at radius 3 is 1.21 bits per heavy atom. The summed E-state index contributed by atoms with van der Waals surface area (Å²) in [5.41, 5.74) is 1.04. The fourth-order valence-corrected chi connectivity index (χ4v) is 9.02. The highest BCUT2D eigenvalue weighted by atomic mass is 32.3. The van der Waals surface area contributed by atoms with Gasteiger partial charge in [0.2, 0.25) is 0 Å². The van der Waals surface area contributed by atoms with Crippen molar-refractivity contribution in [3.8, 4) is 11.5 Å². The molecule has 0 aromatic heterocycles. The van der Waals surface area contributed by atoms with Crippen LogP contribution >= 0.6 is 0 Å². The monoisotopic (exact) mass is 622 g/mol. The number of hydrogen-bond donors (Lipinski definition) is 2. The quantitative estimate of drug-likeness (QED) is 0.128. The smallest absolute Gasteiger partial charge is 0.199 e. The number of sulfone groups is 2. The van der Waals surface area contributed by atoms with Crippen LogP contribution in [0.1, 0.15) is 90.9 Å². The van der Waals surface area contributed by atoms with E-state index in [1.54, 1.807) is 62.8 Å². The molecule has 0 spiro atoms. The first-order chi connectivity index (χ1) is 20.2. The van der Waals surface area contributed by atoms with Crippen molar-refractivity contribution in [1.29, 1.82) is 0 Å². The molecule has 0 radical (unpaired) electrons. The summed E-state index contributed by atoms with van der Waals surface area (Å²) in [6.45, 7) is 4.26. The molecule has 8 nitrogen and oxygen atoms in total. The molecule has 0 atom stereocenters. The van der Waals surface area contributed by atoms with Crippen molar-refractivity contribution in [2.24, 2.45) is 0 Å². The van der Waals surface area contributed by atoms with Crippen LogP contribution in [0.2, 0.25) is 0 Å². The average molecular weight is 623 g/mol. The standard InChI is InChI=1S/C32H50N2O6S2/c1-5-7-9-11-13-15-25-41(35,36)32(42(37,38)26-16-14-12-10-8-6-2)31(33-27-17-21-29(39-3)22-18-27)34-28-19-23-30(40-4)24-20-28/h17-24,33-34H,5-16,25-26H2,1-4H3. The minimum absolute atomic E-state index is 0.0812. The second-order valence-electron chi connectivity index (χ2n) is 10.5. The first-order valence-corrected chi connectivity index (χ1v) is 18.5. The fraction of sp³-hybridized carbons (Fsp3) is 0.562. The summed E-state index contributed by atoms with van der Waals surface area (Å²) >= 11 is 0. The van der Waals surface area contributed by atoms with E-state index in [1.165, 1.54) is 0 Å². The Bertz CT molecular complexity index is 1190. The Balaban J connectivity index is 2.51. The zero-order valence-electron chi connectivity index (χ0n) is 25.8. The van der Waals surface area contributed by atoms with Crippen LogP contribution in [-0.2, 0) is 19.7 Å². The maximum atomic E-state index is 13.9. The lowest BCUT2D eigenvalue weighted by atomic mass is 10.1. The molecule has 0 unspecified atom stereocenters. The second kappa shape index (κ2) is 18.7. The molecule has 0 amide bonds. The first kappa shape index (κ1) is 35.5. The molecule has 236 valence electrons. The van der Waals surface area contributed by atoms with Crippen LogP contribution in [-0.4, -0.2) is 42.6 Å². The van der Waals surface area contributed by atoms with Gasteiger partial charge in [0.1, 0.15) is 17.3 Å². The molecular formula is C32H50N2O6S2. The Morgan fingerprint density at radius 2 is 0.881 bits per heavy atom. The number of methoxy groups -OCH3 is 2. The minimum Gasteiger partial charge on any atom is -0.497 e. The number of rotatable bonds is 22. The third kappa shape index (κ3) is 12.3. The average Bonchev–Trinajstić information content (AvgIpc) is 2.97. The number of benzene rings is 2. The van der Waals surface area contributed by atoms with E-state index in [9.17, 15) is 16.8 Å². The highest BCUT2D eigenvalue weighted by molar-refractivity contribution is 8.14. The molecule has 2 aromatic rings. The van der Waals surface area contributed by atoms with E-state index in [-0.39, 0.29) is 17.3 Å². The number of ether oxygens (including phenoxy) is 2. The van der Waals surface area contributed by atoms with Gasteiger partial charge in [0.25, 0.3) is 0 Å². The molecule has 2 aromatic carbocycles. The molecule has 0 aliphatic heterocycles. The topological polar surface area (TPSA) is 111 Å². The number of anilines is 2. The van der Waals surface area contributed by atoms with Crippen LogP contribution in [0.5, 0.6) is 11.5 Å². The highest BCUT2D eigenvalue weighted by Gasteiger charge is 2.34. The van der Waals surface area contributed by atoms with E-state index in [2.05, 4.69) is 24.5 Å². The minimum atomic E-state index is -4.17. The molecule has 0 aliphatic carbocycles. The molecular weight excluding hydrogens is 572 g/mol. The van der Waals surface area contributed by atoms with Gasteiger partial charge >= 0.3 is 0 Å². The SMILES string of the molecule is CCCCCCCCS(=O)(=O)C(=C(Nc1ccc(OC)cc1)Nc1ccc(OC)cc1)S(=O)(=O)CCCCCCCC. The van der Waals surface area contributed by atoms with Crippen molar-refractivity contribution in [2.75, 3.05) is 36.4 Å². The Hall–Kier alpha value is -2.72. The molecule has 0 fully saturated rings. The van der Waals surface area contributed by atoms with Crippen molar-refractivity contribution >= 4 is 31.0 Å². The normalized spacial score (nSPS) is 11.6. The van der Waals surface area contributed by atoms with Gasteiger partial charge in [-0.3, -0.25) is 0 Å². The van der Waals surface area contributed by atoms with Gasteiger partial charge in [-0.25, -0.2) is 16.8 Å². The van der Waals surface area contributed by atoms with Crippen LogP contribution in [0, 0.1) is 0 Å². The molecule has 0 saturated heterocycles. The molecule has 2 rings (SSSR count). The van der Waals surface area contributed by atoms with Crippen molar-refractivity contribution in [1.82, 2.24) is 0 Å². The van der Waals surface area contributed by atoms with Gasteiger partial charge in [-0.1, -0.05) is 78.1 Å². The summed E-state index contributed by atoms with van der Waals surface area (Å²) < 4.78 is 65.5. The van der Waals surface area contributed by atoms with Crippen LogP contribution in [0.25, 0.3) is 0 Å². The van der Waals surface area contributed by atoms with Gasteiger partial charge in [-0.05, 0) is 61.4 Å². The Morgan fingerprint density at radius 1 is 0.548 bits per heavy atom. The maximum Gasteiger partial charge on any atom is 0.199 e. The number of unbranched alkanes of at least 4 members (excludes halogenated alkanes) is 10. The lowest BCUT2D eigenvalue weighted by Gasteiger charge is -2.20. The predicted molar refractivity (Wildman–Crippen MR) is 175 cm³/mol. The summed E-state index contributed by atoms with van der Waals surface area (Å²) in [5.74, 6) is 0.703. The van der Waals surface area contributed by atoms with Gasteiger partial charge in [0, 0.05) is 11.4 Å². The van der Waals surface area contributed by atoms with E-state index >= 15 is 0 Å². The van der Waals surface area contributed by atoms with Crippen molar-refractivity contribution in [2.45, 2.75) is 90.9 Å². The van der Waals surface area contributed by atoms with Crippen LogP contribution in [0.4, 0.5) is 11.4 Å². The van der Waals surface area contributed by atoms with Crippen molar-refractivity contribution in [3.05, 3.63) is 58.6 Å². The van der Waals surface area contributed by atoms with Gasteiger partial charge < -0.3 is 20.1 Å². The molecule has 10 heteroatoms. The van der Waals surface area contributed by atoms with Crippen LogP contribution < -0.4 is 20.1 Å². The van der Waals surface area contributed by atoms with E-state index in [1.807, 2.05) is 0 Å². The third-order valence-electron chi connectivity index (χ3n) is 7.02. The molecule has 0 bridgehead atoms. The lowest BCUT2D eigenvalue weighted by Crippen LogP contribution is -2.26. The van der Waals surface area contributed by atoms with E-state index in [0.29, 0.717) is 35.7 Å². The number of hydrogen-bond acceptors (Lipinski definition) is 8. The zero-order chi connectivity index (χ0) is 30.8. The van der Waals surface area contributed by atoms with Crippen molar-refractivity contribution in [3.63, 3.8) is 0 Å². The second-order valence-corrected chi connectivity index (χ2v) is 14.9. The van der Waals surface area contributed by atoms with Crippen LogP contribution in [0.3, 0.4) is 0 Å². The predicted octanol–water partition coefficient (Wildman–Crippen LogP) is 7.91. The van der Waals surface area contributed by atoms with Crippen molar-refractivity contribution < 1.29 is 26.3 Å². The summed E-state index contributed by atoms with van der Waals surface area (Å²) in [6.07, 6.45) is 10.6. The fourth-order valence-electron chi connectivity index (χ4n) is 4.61. The largest absolute Gasteiger partial charge is 0.497 e.